The lowest BCUT2D eigenvalue weighted by Gasteiger charge is -2.09. The Hall–Kier alpha value is -2.64. The van der Waals surface area contributed by atoms with Crippen LogP contribution < -0.4 is 15.4 Å². The summed E-state index contributed by atoms with van der Waals surface area (Å²) < 4.78 is 18.0. The Morgan fingerprint density at radius 3 is 2.52 bits per heavy atom. The van der Waals surface area contributed by atoms with Gasteiger partial charge in [-0.05, 0) is 18.2 Å². The summed E-state index contributed by atoms with van der Waals surface area (Å²) in [7, 11) is 0. The van der Waals surface area contributed by atoms with E-state index in [2.05, 4.69) is 10.6 Å². The molecule has 0 radical (unpaired) electrons. The van der Waals surface area contributed by atoms with Crippen LogP contribution in [0.5, 0.6) is 5.75 Å². The highest BCUT2D eigenvalue weighted by Crippen LogP contribution is 2.19. The smallest absolute Gasteiger partial charge is 0.339 e. The molecule has 114 valence electrons. The van der Waals surface area contributed by atoms with E-state index in [1.54, 1.807) is 0 Å². The first kappa shape index (κ1) is 16.4. The first-order valence-electron chi connectivity index (χ1n) is 6.07. The zero-order valence-corrected chi connectivity index (χ0v) is 11.3. The molecule has 3 N–H and O–H groups in total. The fourth-order valence-electron chi connectivity index (χ4n) is 1.43. The van der Waals surface area contributed by atoms with Crippen molar-refractivity contribution in [3.8, 4) is 5.75 Å². The summed E-state index contributed by atoms with van der Waals surface area (Å²) in [5, 5.41) is 13.9. The predicted molar refractivity (Wildman–Crippen MR) is 70.5 cm³/mol. The second-order valence-corrected chi connectivity index (χ2v) is 4.07. The SMILES string of the molecule is CC(=O)NCCNC(=O)COc1ccc(F)cc1C(=O)O. The van der Waals surface area contributed by atoms with Crippen molar-refractivity contribution in [1.29, 1.82) is 0 Å². The standard InChI is InChI=1S/C13H15FN2O5/c1-8(17)15-4-5-16-12(18)7-21-11-3-2-9(14)6-10(11)13(19)20/h2-3,6H,4-5,7H2,1H3,(H,15,17)(H,16,18)(H,19,20). The molecule has 0 saturated heterocycles. The Morgan fingerprint density at radius 1 is 1.24 bits per heavy atom. The number of nitrogens with one attached hydrogen (secondary N) is 2. The summed E-state index contributed by atoms with van der Waals surface area (Å²) in [5.41, 5.74) is -0.360. The van der Waals surface area contributed by atoms with Gasteiger partial charge in [-0.1, -0.05) is 0 Å². The molecular weight excluding hydrogens is 283 g/mol. The topological polar surface area (TPSA) is 105 Å². The van der Waals surface area contributed by atoms with Crippen molar-refractivity contribution >= 4 is 17.8 Å². The minimum absolute atomic E-state index is 0.0964. The summed E-state index contributed by atoms with van der Waals surface area (Å²) in [6.45, 7) is 1.44. The first-order chi connectivity index (χ1) is 9.90. The maximum atomic E-state index is 12.9. The van der Waals surface area contributed by atoms with E-state index in [0.29, 0.717) is 0 Å². The molecule has 0 heterocycles. The molecule has 8 heteroatoms. The van der Waals surface area contributed by atoms with E-state index >= 15 is 0 Å². The molecule has 0 saturated carbocycles. The van der Waals surface area contributed by atoms with Crippen molar-refractivity contribution in [2.45, 2.75) is 6.92 Å². The van der Waals surface area contributed by atoms with Gasteiger partial charge in [0.2, 0.25) is 5.91 Å². The molecular formula is C13H15FN2O5. The number of ether oxygens (including phenoxy) is 1. The second kappa shape index (κ2) is 7.83. The van der Waals surface area contributed by atoms with Crippen LogP contribution >= 0.6 is 0 Å². The number of benzene rings is 1. The number of hydrogen-bond acceptors (Lipinski definition) is 4. The third-order valence-electron chi connectivity index (χ3n) is 2.35. The van der Waals surface area contributed by atoms with E-state index in [1.807, 2.05) is 0 Å². The van der Waals surface area contributed by atoms with Gasteiger partial charge < -0.3 is 20.5 Å². The highest BCUT2D eigenvalue weighted by Gasteiger charge is 2.13. The molecule has 1 aromatic carbocycles. The second-order valence-electron chi connectivity index (χ2n) is 4.07. The fraction of sp³-hybridized carbons (Fsp3) is 0.308. The lowest BCUT2D eigenvalue weighted by Crippen LogP contribution is -2.36. The lowest BCUT2D eigenvalue weighted by atomic mass is 10.2. The number of carboxylic acids is 1. The van der Waals surface area contributed by atoms with Crippen LogP contribution in [0, 0.1) is 5.82 Å². The molecule has 0 aliphatic rings. The van der Waals surface area contributed by atoms with Crippen LogP contribution in [-0.2, 0) is 9.59 Å². The summed E-state index contributed by atoms with van der Waals surface area (Å²) in [6.07, 6.45) is 0. The van der Waals surface area contributed by atoms with Gasteiger partial charge in [0.15, 0.2) is 6.61 Å². The van der Waals surface area contributed by atoms with Crippen molar-refractivity contribution < 1.29 is 28.6 Å². The number of rotatable bonds is 7. The molecule has 0 aliphatic heterocycles. The Bertz CT molecular complexity index is 547. The monoisotopic (exact) mass is 298 g/mol. The minimum Gasteiger partial charge on any atom is -0.483 e. The molecule has 7 nitrogen and oxygen atoms in total. The number of carbonyl (C=O) groups is 3. The van der Waals surface area contributed by atoms with E-state index in [0.717, 1.165) is 18.2 Å². The minimum atomic E-state index is -1.35. The lowest BCUT2D eigenvalue weighted by molar-refractivity contribution is -0.123. The van der Waals surface area contributed by atoms with Gasteiger partial charge in [-0.25, -0.2) is 9.18 Å². The summed E-state index contributed by atoms with van der Waals surface area (Å²) >= 11 is 0. The third kappa shape index (κ3) is 5.89. The zero-order chi connectivity index (χ0) is 15.8. The van der Waals surface area contributed by atoms with Gasteiger partial charge in [-0.3, -0.25) is 9.59 Å². The average molecular weight is 298 g/mol. The van der Waals surface area contributed by atoms with Gasteiger partial charge in [0.1, 0.15) is 17.1 Å². The van der Waals surface area contributed by atoms with Gasteiger partial charge in [-0.2, -0.15) is 0 Å². The van der Waals surface area contributed by atoms with Gasteiger partial charge in [0.05, 0.1) is 0 Å². The van der Waals surface area contributed by atoms with Gasteiger partial charge in [0.25, 0.3) is 5.91 Å². The number of halogens is 1. The van der Waals surface area contributed by atoms with Crippen LogP contribution in [0.4, 0.5) is 4.39 Å². The summed E-state index contributed by atoms with van der Waals surface area (Å²) in [6, 6.07) is 2.99. The van der Waals surface area contributed by atoms with Crippen LogP contribution in [0.15, 0.2) is 18.2 Å². The van der Waals surface area contributed by atoms with E-state index < -0.39 is 24.3 Å². The molecule has 21 heavy (non-hydrogen) atoms. The maximum Gasteiger partial charge on any atom is 0.339 e. The van der Waals surface area contributed by atoms with Gasteiger partial charge in [0, 0.05) is 20.0 Å². The van der Waals surface area contributed by atoms with Crippen LogP contribution in [0.1, 0.15) is 17.3 Å². The predicted octanol–water partition coefficient (Wildman–Crippen LogP) is 0.155. The van der Waals surface area contributed by atoms with Crippen LogP contribution in [0.3, 0.4) is 0 Å². The molecule has 0 bridgehead atoms. The zero-order valence-electron chi connectivity index (χ0n) is 11.3. The Morgan fingerprint density at radius 2 is 1.90 bits per heavy atom. The number of amides is 2. The van der Waals surface area contributed by atoms with Crippen LogP contribution in [-0.4, -0.2) is 42.6 Å². The molecule has 0 aliphatic carbocycles. The van der Waals surface area contributed by atoms with Crippen molar-refractivity contribution in [1.82, 2.24) is 10.6 Å². The highest BCUT2D eigenvalue weighted by molar-refractivity contribution is 5.91. The molecule has 2 amide bonds. The van der Waals surface area contributed by atoms with Crippen molar-refractivity contribution in [3.05, 3.63) is 29.6 Å². The largest absolute Gasteiger partial charge is 0.483 e. The van der Waals surface area contributed by atoms with Crippen molar-refractivity contribution in [2.75, 3.05) is 19.7 Å². The Labute approximate surface area is 120 Å². The van der Waals surface area contributed by atoms with E-state index in [-0.39, 0.29) is 30.3 Å². The van der Waals surface area contributed by atoms with Gasteiger partial charge >= 0.3 is 5.97 Å². The fourth-order valence-corrected chi connectivity index (χ4v) is 1.43. The quantitative estimate of drug-likeness (QED) is 0.622. The number of aromatic carboxylic acids is 1. The van der Waals surface area contributed by atoms with Crippen molar-refractivity contribution in [2.24, 2.45) is 0 Å². The summed E-state index contributed by atoms with van der Waals surface area (Å²) in [4.78, 5) is 32.9. The van der Waals surface area contributed by atoms with Crippen LogP contribution in [0.25, 0.3) is 0 Å². The number of carbonyl (C=O) groups excluding carboxylic acids is 2. The maximum absolute atomic E-state index is 12.9. The van der Waals surface area contributed by atoms with E-state index in [4.69, 9.17) is 9.84 Å². The van der Waals surface area contributed by atoms with Crippen LogP contribution in [0.2, 0.25) is 0 Å². The molecule has 0 aromatic heterocycles. The normalized spacial score (nSPS) is 9.81. The van der Waals surface area contributed by atoms with E-state index in [9.17, 15) is 18.8 Å². The van der Waals surface area contributed by atoms with Gasteiger partial charge in [-0.15, -0.1) is 0 Å². The number of hydrogen-bond donors (Lipinski definition) is 3. The summed E-state index contributed by atoms with van der Waals surface area (Å²) in [5.74, 6) is -2.85. The molecule has 1 rings (SSSR count). The van der Waals surface area contributed by atoms with Crippen molar-refractivity contribution in [3.63, 3.8) is 0 Å². The third-order valence-corrected chi connectivity index (χ3v) is 2.35. The molecule has 0 spiro atoms. The number of carboxylic acid groups (broad SMARTS) is 1. The highest BCUT2D eigenvalue weighted by atomic mass is 19.1. The Balaban J connectivity index is 2.46. The molecule has 0 atom stereocenters. The molecule has 0 unspecified atom stereocenters. The average Bonchev–Trinajstić information content (AvgIpc) is 2.41. The molecule has 0 fully saturated rings. The molecule has 1 aromatic rings. The Kier molecular flexibility index (Phi) is 6.12. The first-order valence-corrected chi connectivity index (χ1v) is 6.07. The van der Waals surface area contributed by atoms with E-state index in [1.165, 1.54) is 6.92 Å².